The molecule has 0 spiro atoms. The van der Waals surface area contributed by atoms with Crippen molar-refractivity contribution in [3.8, 4) is 0 Å². The second-order valence-corrected chi connectivity index (χ2v) is 4.47. The molecule has 0 aliphatic heterocycles. The number of anilines is 1. The number of methoxy groups -OCH3 is 1. The predicted molar refractivity (Wildman–Crippen MR) is 73.4 cm³/mol. The number of aromatic amines is 1. The molecule has 2 N–H and O–H groups in total. The van der Waals surface area contributed by atoms with Crippen LogP contribution in [0.25, 0.3) is 0 Å². The molecule has 0 aliphatic carbocycles. The molecule has 100 valence electrons. The van der Waals surface area contributed by atoms with E-state index in [-0.39, 0.29) is 5.97 Å². The summed E-state index contributed by atoms with van der Waals surface area (Å²) in [6.07, 6.45) is 1.75. The first-order valence-corrected chi connectivity index (χ1v) is 6.10. The van der Waals surface area contributed by atoms with Gasteiger partial charge in [-0.05, 0) is 25.1 Å². The van der Waals surface area contributed by atoms with E-state index in [0.29, 0.717) is 22.8 Å². The van der Waals surface area contributed by atoms with Gasteiger partial charge in [0.25, 0.3) is 0 Å². The van der Waals surface area contributed by atoms with Crippen molar-refractivity contribution in [2.45, 2.75) is 13.5 Å². The quantitative estimate of drug-likeness (QED) is 0.845. The summed E-state index contributed by atoms with van der Waals surface area (Å²) in [5.41, 5.74) is 3.18. The largest absolute Gasteiger partial charge is 0.465 e. The summed E-state index contributed by atoms with van der Waals surface area (Å²) >= 11 is 6.09. The summed E-state index contributed by atoms with van der Waals surface area (Å²) in [6, 6.07) is 4.96. The highest BCUT2D eigenvalue weighted by Crippen LogP contribution is 2.24. The third-order valence-corrected chi connectivity index (χ3v) is 3.12. The van der Waals surface area contributed by atoms with E-state index < -0.39 is 0 Å². The van der Waals surface area contributed by atoms with Gasteiger partial charge in [0.1, 0.15) is 0 Å². The zero-order chi connectivity index (χ0) is 13.8. The van der Waals surface area contributed by atoms with Crippen molar-refractivity contribution in [3.63, 3.8) is 0 Å². The summed E-state index contributed by atoms with van der Waals surface area (Å²) in [5, 5.41) is 10.5. The Hall–Kier alpha value is -2.01. The Morgan fingerprint density at radius 3 is 2.95 bits per heavy atom. The monoisotopic (exact) mass is 279 g/mol. The third kappa shape index (κ3) is 3.06. The van der Waals surface area contributed by atoms with E-state index in [1.165, 1.54) is 7.11 Å². The van der Waals surface area contributed by atoms with Crippen molar-refractivity contribution in [3.05, 3.63) is 46.2 Å². The number of esters is 1. The molecule has 0 amide bonds. The fourth-order valence-electron chi connectivity index (χ4n) is 1.65. The second kappa shape index (κ2) is 5.75. The highest BCUT2D eigenvalue weighted by molar-refractivity contribution is 6.33. The minimum atomic E-state index is -0.390. The molecule has 0 fully saturated rings. The summed E-state index contributed by atoms with van der Waals surface area (Å²) in [7, 11) is 1.35. The number of rotatable bonds is 4. The minimum Gasteiger partial charge on any atom is -0.465 e. The van der Waals surface area contributed by atoms with Gasteiger partial charge in [-0.3, -0.25) is 5.10 Å². The molecule has 2 aromatic rings. The molecule has 0 unspecified atom stereocenters. The van der Waals surface area contributed by atoms with Crippen molar-refractivity contribution < 1.29 is 9.53 Å². The number of aromatic nitrogens is 2. The van der Waals surface area contributed by atoms with E-state index in [1.807, 2.05) is 6.92 Å². The van der Waals surface area contributed by atoms with Gasteiger partial charge in [0.15, 0.2) is 0 Å². The van der Waals surface area contributed by atoms with Crippen LogP contribution < -0.4 is 5.32 Å². The lowest BCUT2D eigenvalue weighted by atomic mass is 10.2. The van der Waals surface area contributed by atoms with Crippen molar-refractivity contribution >= 4 is 23.3 Å². The summed E-state index contributed by atoms with van der Waals surface area (Å²) < 4.78 is 4.68. The van der Waals surface area contributed by atoms with Gasteiger partial charge in [-0.2, -0.15) is 5.10 Å². The van der Waals surface area contributed by atoms with E-state index in [1.54, 1.807) is 24.4 Å². The number of carbonyl (C=O) groups is 1. The molecular formula is C13H14ClN3O2. The molecule has 0 saturated heterocycles. The average Bonchev–Trinajstić information content (AvgIpc) is 2.82. The number of carbonyl (C=O) groups excluding carboxylic acids is 1. The van der Waals surface area contributed by atoms with Crippen molar-refractivity contribution in [1.82, 2.24) is 10.2 Å². The molecule has 0 radical (unpaired) electrons. The van der Waals surface area contributed by atoms with Crippen molar-refractivity contribution in [2.24, 2.45) is 0 Å². The van der Waals surface area contributed by atoms with Crippen LogP contribution in [0, 0.1) is 6.92 Å². The molecule has 0 bridgehead atoms. The second-order valence-electron chi connectivity index (χ2n) is 4.06. The maximum atomic E-state index is 11.5. The van der Waals surface area contributed by atoms with Crippen molar-refractivity contribution in [1.29, 1.82) is 0 Å². The van der Waals surface area contributed by atoms with E-state index >= 15 is 0 Å². The number of ether oxygens (including phenoxy) is 1. The molecule has 0 aliphatic rings. The van der Waals surface area contributed by atoms with Gasteiger partial charge in [0, 0.05) is 17.8 Å². The molecular weight excluding hydrogens is 266 g/mol. The van der Waals surface area contributed by atoms with Crippen LogP contribution >= 0.6 is 11.6 Å². The van der Waals surface area contributed by atoms with Crippen molar-refractivity contribution in [2.75, 3.05) is 12.4 Å². The molecule has 1 aromatic heterocycles. The first-order chi connectivity index (χ1) is 9.11. The van der Waals surface area contributed by atoms with Gasteiger partial charge >= 0.3 is 5.97 Å². The molecule has 0 saturated carbocycles. The maximum Gasteiger partial charge on any atom is 0.337 e. The van der Waals surface area contributed by atoms with Crippen LogP contribution in [0.5, 0.6) is 0 Å². The highest BCUT2D eigenvalue weighted by Gasteiger charge is 2.09. The van der Waals surface area contributed by atoms with Gasteiger partial charge in [-0.25, -0.2) is 4.79 Å². The number of benzene rings is 1. The fraction of sp³-hybridized carbons (Fsp3) is 0.231. The number of hydrogen-bond acceptors (Lipinski definition) is 4. The van der Waals surface area contributed by atoms with E-state index in [0.717, 1.165) is 11.3 Å². The Morgan fingerprint density at radius 2 is 2.32 bits per heavy atom. The van der Waals surface area contributed by atoms with E-state index in [2.05, 4.69) is 20.3 Å². The van der Waals surface area contributed by atoms with Gasteiger partial charge in [-0.1, -0.05) is 11.6 Å². The molecule has 5 nitrogen and oxygen atoms in total. The number of hydrogen-bond donors (Lipinski definition) is 2. The molecule has 1 aromatic carbocycles. The van der Waals surface area contributed by atoms with Gasteiger partial charge in [-0.15, -0.1) is 0 Å². The van der Waals surface area contributed by atoms with Crippen LogP contribution in [0.3, 0.4) is 0 Å². The zero-order valence-electron chi connectivity index (χ0n) is 10.7. The van der Waals surface area contributed by atoms with Crippen LogP contribution in [0.1, 0.15) is 21.6 Å². The molecule has 6 heteroatoms. The number of nitrogens with zero attached hydrogens (tertiary/aromatic N) is 1. The van der Waals surface area contributed by atoms with Crippen LogP contribution in [0.2, 0.25) is 5.02 Å². The Bertz CT molecular complexity index is 595. The van der Waals surface area contributed by atoms with Gasteiger partial charge < -0.3 is 10.1 Å². The average molecular weight is 280 g/mol. The first kappa shape index (κ1) is 13.4. The molecule has 2 rings (SSSR count). The van der Waals surface area contributed by atoms with Gasteiger partial charge in [0.05, 0.1) is 29.6 Å². The maximum absolute atomic E-state index is 11.5. The van der Waals surface area contributed by atoms with E-state index in [9.17, 15) is 4.79 Å². The molecule has 1 heterocycles. The Balaban J connectivity index is 2.15. The SMILES string of the molecule is COC(=O)c1ccc(Cl)c(NCc2cn[nH]c2C)c1. The number of H-pyrrole nitrogens is 1. The first-order valence-electron chi connectivity index (χ1n) is 5.72. The Labute approximate surface area is 115 Å². The lowest BCUT2D eigenvalue weighted by molar-refractivity contribution is 0.0601. The minimum absolute atomic E-state index is 0.390. The lowest BCUT2D eigenvalue weighted by Gasteiger charge is -2.09. The van der Waals surface area contributed by atoms with Crippen LogP contribution in [0.15, 0.2) is 24.4 Å². The Kier molecular flexibility index (Phi) is 4.06. The third-order valence-electron chi connectivity index (χ3n) is 2.79. The van der Waals surface area contributed by atoms with Crippen LogP contribution in [-0.4, -0.2) is 23.3 Å². The number of halogens is 1. The lowest BCUT2D eigenvalue weighted by Crippen LogP contribution is -2.04. The standard InChI is InChI=1S/C13H14ClN3O2/c1-8-10(7-16-17-8)6-15-12-5-9(13(18)19-2)3-4-11(12)14/h3-5,7,15H,6H2,1-2H3,(H,16,17). The number of nitrogens with one attached hydrogen (secondary N) is 2. The normalized spacial score (nSPS) is 10.3. The molecule has 19 heavy (non-hydrogen) atoms. The topological polar surface area (TPSA) is 67.0 Å². The van der Waals surface area contributed by atoms with E-state index in [4.69, 9.17) is 11.6 Å². The summed E-state index contributed by atoms with van der Waals surface area (Å²) in [5.74, 6) is -0.390. The summed E-state index contributed by atoms with van der Waals surface area (Å²) in [6.45, 7) is 2.52. The predicted octanol–water partition coefficient (Wildman–Crippen LogP) is 2.77. The number of aryl methyl sites for hydroxylation is 1. The zero-order valence-corrected chi connectivity index (χ0v) is 11.4. The fourth-order valence-corrected chi connectivity index (χ4v) is 1.83. The van der Waals surface area contributed by atoms with Crippen LogP contribution in [0.4, 0.5) is 5.69 Å². The molecule has 0 atom stereocenters. The highest BCUT2D eigenvalue weighted by atomic mass is 35.5. The smallest absolute Gasteiger partial charge is 0.337 e. The van der Waals surface area contributed by atoms with Crippen LogP contribution in [-0.2, 0) is 11.3 Å². The summed E-state index contributed by atoms with van der Waals surface area (Å²) in [4.78, 5) is 11.5. The Morgan fingerprint density at radius 1 is 1.53 bits per heavy atom. The van der Waals surface area contributed by atoms with Gasteiger partial charge in [0.2, 0.25) is 0 Å².